The number of aromatic nitrogens is 1. The van der Waals surface area contributed by atoms with Crippen LogP contribution in [0.15, 0.2) is 53.2 Å². The fourth-order valence-corrected chi connectivity index (χ4v) is 4.11. The highest BCUT2D eigenvalue weighted by Gasteiger charge is 2.16. The largest absolute Gasteiger partial charge is 0.451 e. The topological polar surface area (TPSA) is 68.3 Å². The normalized spacial score (nSPS) is 11.7. The third kappa shape index (κ3) is 5.74. The Hall–Kier alpha value is -2.51. The van der Waals surface area contributed by atoms with Crippen molar-refractivity contribution in [2.45, 2.75) is 25.8 Å². The standard InChI is InChI=1S/C20H20N2O3S2/c1-14(9-10-15-6-3-2-4-7-15)21-18(23)12-25-20(24)16-13-27-19(22-16)17-8-5-11-26-17/h2-8,11,13-14H,9-10,12H2,1H3,(H,21,23)/t14-/m1/s1. The van der Waals surface area contributed by atoms with Crippen LogP contribution in [0.5, 0.6) is 0 Å². The molecule has 0 saturated carbocycles. The summed E-state index contributed by atoms with van der Waals surface area (Å²) in [5, 5.41) is 7.23. The van der Waals surface area contributed by atoms with Gasteiger partial charge in [0, 0.05) is 11.4 Å². The quantitative estimate of drug-likeness (QED) is 0.577. The summed E-state index contributed by atoms with van der Waals surface area (Å²) >= 11 is 2.94. The van der Waals surface area contributed by atoms with Gasteiger partial charge < -0.3 is 10.1 Å². The molecule has 0 aliphatic rings. The van der Waals surface area contributed by atoms with Gasteiger partial charge in [0.05, 0.1) is 4.88 Å². The van der Waals surface area contributed by atoms with Crippen molar-refractivity contribution in [1.29, 1.82) is 0 Å². The molecular weight excluding hydrogens is 380 g/mol. The second-order valence-corrected chi connectivity index (χ2v) is 7.89. The van der Waals surface area contributed by atoms with E-state index >= 15 is 0 Å². The van der Waals surface area contributed by atoms with Gasteiger partial charge in [0.15, 0.2) is 12.3 Å². The summed E-state index contributed by atoms with van der Waals surface area (Å²) < 4.78 is 5.08. The van der Waals surface area contributed by atoms with Crippen molar-refractivity contribution in [3.63, 3.8) is 0 Å². The first-order chi connectivity index (χ1) is 13.1. The zero-order valence-electron chi connectivity index (χ0n) is 14.9. The predicted octanol–water partition coefficient (Wildman–Crippen LogP) is 4.17. The minimum atomic E-state index is -0.582. The Bertz CT molecular complexity index is 876. The number of amides is 1. The third-order valence-corrected chi connectivity index (χ3v) is 5.78. The molecule has 2 heterocycles. The number of ether oxygens (including phenoxy) is 1. The molecule has 7 heteroatoms. The molecule has 3 rings (SSSR count). The van der Waals surface area contributed by atoms with Crippen molar-refractivity contribution in [1.82, 2.24) is 10.3 Å². The average Bonchev–Trinajstić information content (AvgIpc) is 3.36. The van der Waals surface area contributed by atoms with Crippen LogP contribution in [0.2, 0.25) is 0 Å². The molecule has 0 saturated heterocycles. The van der Waals surface area contributed by atoms with E-state index in [2.05, 4.69) is 22.4 Å². The number of rotatable bonds is 8. The highest BCUT2D eigenvalue weighted by Crippen LogP contribution is 2.27. The van der Waals surface area contributed by atoms with Gasteiger partial charge in [-0.1, -0.05) is 36.4 Å². The van der Waals surface area contributed by atoms with Gasteiger partial charge in [-0.25, -0.2) is 9.78 Å². The number of hydrogen-bond donors (Lipinski definition) is 1. The monoisotopic (exact) mass is 400 g/mol. The number of nitrogens with one attached hydrogen (secondary N) is 1. The molecule has 0 aliphatic carbocycles. The summed E-state index contributed by atoms with van der Waals surface area (Å²) in [5.41, 5.74) is 1.46. The van der Waals surface area contributed by atoms with E-state index in [1.807, 2.05) is 42.6 Å². The lowest BCUT2D eigenvalue weighted by atomic mass is 10.1. The SMILES string of the molecule is C[C@H](CCc1ccccc1)NC(=O)COC(=O)c1csc(-c2cccs2)n1. The summed E-state index contributed by atoms with van der Waals surface area (Å²) in [6, 6.07) is 14.0. The number of benzene rings is 1. The maximum Gasteiger partial charge on any atom is 0.358 e. The van der Waals surface area contributed by atoms with Crippen LogP contribution in [0.3, 0.4) is 0 Å². The van der Waals surface area contributed by atoms with Crippen molar-refractivity contribution in [3.05, 3.63) is 64.5 Å². The molecule has 5 nitrogen and oxygen atoms in total. The van der Waals surface area contributed by atoms with E-state index in [1.54, 1.807) is 16.7 Å². The van der Waals surface area contributed by atoms with Crippen molar-refractivity contribution in [2.24, 2.45) is 0 Å². The van der Waals surface area contributed by atoms with Crippen molar-refractivity contribution in [3.8, 4) is 9.88 Å². The van der Waals surface area contributed by atoms with Gasteiger partial charge in [0.2, 0.25) is 0 Å². The summed E-state index contributed by atoms with van der Waals surface area (Å²) in [7, 11) is 0. The van der Waals surface area contributed by atoms with Crippen LogP contribution in [-0.4, -0.2) is 29.5 Å². The second kappa shape index (κ2) is 9.43. The number of thiazole rings is 1. The molecule has 0 aliphatic heterocycles. The predicted molar refractivity (Wildman–Crippen MR) is 108 cm³/mol. The smallest absolute Gasteiger partial charge is 0.358 e. The Labute approximate surface area is 166 Å². The van der Waals surface area contributed by atoms with E-state index < -0.39 is 5.97 Å². The van der Waals surface area contributed by atoms with Crippen LogP contribution in [0.4, 0.5) is 0 Å². The summed E-state index contributed by atoms with van der Waals surface area (Å²) in [6.07, 6.45) is 1.70. The highest BCUT2D eigenvalue weighted by atomic mass is 32.1. The van der Waals surface area contributed by atoms with Crippen molar-refractivity contribution in [2.75, 3.05) is 6.61 Å². The molecule has 0 bridgehead atoms. The van der Waals surface area contributed by atoms with Crippen LogP contribution >= 0.6 is 22.7 Å². The van der Waals surface area contributed by atoms with Gasteiger partial charge in [-0.3, -0.25) is 4.79 Å². The Kier molecular flexibility index (Phi) is 6.73. The minimum absolute atomic E-state index is 0.00103. The Balaban J connectivity index is 1.41. The van der Waals surface area contributed by atoms with Gasteiger partial charge >= 0.3 is 5.97 Å². The van der Waals surface area contributed by atoms with E-state index in [0.29, 0.717) is 0 Å². The van der Waals surface area contributed by atoms with E-state index in [0.717, 1.165) is 22.7 Å². The molecule has 1 amide bonds. The number of thiophene rings is 1. The molecule has 2 aromatic heterocycles. The Morgan fingerprint density at radius 1 is 1.15 bits per heavy atom. The van der Waals surface area contributed by atoms with Gasteiger partial charge in [0.25, 0.3) is 5.91 Å². The molecule has 0 fully saturated rings. The maximum absolute atomic E-state index is 12.1. The average molecular weight is 401 g/mol. The molecule has 0 radical (unpaired) electrons. The number of nitrogens with zero attached hydrogens (tertiary/aromatic N) is 1. The molecule has 140 valence electrons. The fourth-order valence-electron chi connectivity index (χ4n) is 2.50. The second-order valence-electron chi connectivity index (χ2n) is 6.08. The molecule has 3 aromatic rings. The molecule has 1 N–H and O–H groups in total. The minimum Gasteiger partial charge on any atom is -0.451 e. The van der Waals surface area contributed by atoms with Crippen LogP contribution in [0.25, 0.3) is 9.88 Å². The summed E-state index contributed by atoms with van der Waals surface area (Å²) in [6.45, 7) is 1.64. The van der Waals surface area contributed by atoms with Gasteiger partial charge in [-0.15, -0.1) is 22.7 Å². The van der Waals surface area contributed by atoms with Crippen LogP contribution in [0, 0.1) is 0 Å². The fraction of sp³-hybridized carbons (Fsp3) is 0.250. The number of esters is 1. The lowest BCUT2D eigenvalue weighted by Crippen LogP contribution is -2.36. The number of hydrogen-bond acceptors (Lipinski definition) is 6. The molecule has 1 atom stereocenters. The maximum atomic E-state index is 12.1. The zero-order chi connectivity index (χ0) is 19.1. The van der Waals surface area contributed by atoms with E-state index in [9.17, 15) is 9.59 Å². The molecule has 1 aromatic carbocycles. The van der Waals surface area contributed by atoms with Crippen LogP contribution in [-0.2, 0) is 16.0 Å². The molecule has 0 spiro atoms. The summed E-state index contributed by atoms with van der Waals surface area (Å²) in [5.74, 6) is -0.890. The van der Waals surface area contributed by atoms with Gasteiger partial charge in [-0.05, 0) is 36.8 Å². The Morgan fingerprint density at radius 2 is 1.96 bits per heavy atom. The van der Waals surface area contributed by atoms with Gasteiger partial charge in [-0.2, -0.15) is 0 Å². The molecule has 27 heavy (non-hydrogen) atoms. The van der Waals surface area contributed by atoms with E-state index in [1.165, 1.54) is 16.9 Å². The number of carbonyl (C=O) groups is 2. The molecule has 0 unspecified atom stereocenters. The first kappa shape index (κ1) is 19.3. The number of aryl methyl sites for hydroxylation is 1. The third-order valence-electron chi connectivity index (χ3n) is 3.90. The highest BCUT2D eigenvalue weighted by molar-refractivity contribution is 7.20. The first-order valence-corrected chi connectivity index (χ1v) is 10.4. The number of carbonyl (C=O) groups excluding carboxylic acids is 2. The lowest BCUT2D eigenvalue weighted by molar-refractivity contribution is -0.124. The van der Waals surface area contributed by atoms with Crippen LogP contribution in [0.1, 0.15) is 29.4 Å². The van der Waals surface area contributed by atoms with Crippen LogP contribution < -0.4 is 5.32 Å². The zero-order valence-corrected chi connectivity index (χ0v) is 16.5. The molecular formula is C20H20N2O3S2. The Morgan fingerprint density at radius 3 is 2.70 bits per heavy atom. The summed E-state index contributed by atoms with van der Waals surface area (Å²) in [4.78, 5) is 29.3. The van der Waals surface area contributed by atoms with Crippen molar-refractivity contribution < 1.29 is 14.3 Å². The van der Waals surface area contributed by atoms with E-state index in [4.69, 9.17) is 4.74 Å². The lowest BCUT2D eigenvalue weighted by Gasteiger charge is -2.13. The van der Waals surface area contributed by atoms with E-state index in [-0.39, 0.29) is 24.2 Å². The van der Waals surface area contributed by atoms with Crippen molar-refractivity contribution >= 4 is 34.6 Å². The first-order valence-electron chi connectivity index (χ1n) is 8.61. The van der Waals surface area contributed by atoms with Gasteiger partial charge in [0.1, 0.15) is 5.01 Å².